The van der Waals surface area contributed by atoms with E-state index in [-0.39, 0.29) is 5.82 Å². The lowest BCUT2D eigenvalue weighted by Crippen LogP contribution is -1.93. The highest BCUT2D eigenvalue weighted by atomic mass is 19.1. The molecular formula is C10H10FN. The quantitative estimate of drug-likeness (QED) is 0.575. The summed E-state index contributed by atoms with van der Waals surface area (Å²) in [4.78, 5) is 0. The third kappa shape index (κ3) is 2.08. The lowest BCUT2D eigenvalue weighted by atomic mass is 10.1. The van der Waals surface area contributed by atoms with Crippen LogP contribution in [0.15, 0.2) is 18.2 Å². The fraction of sp³-hybridized carbons (Fsp3) is 0.200. The van der Waals surface area contributed by atoms with Gasteiger partial charge < -0.3 is 5.73 Å². The largest absolute Gasteiger partial charge is 0.320 e. The molecule has 0 fully saturated rings. The molecule has 1 rings (SSSR count). The third-order valence-corrected chi connectivity index (χ3v) is 1.49. The molecule has 2 heteroatoms. The van der Waals surface area contributed by atoms with Crippen molar-refractivity contribution in [2.24, 2.45) is 5.73 Å². The van der Waals surface area contributed by atoms with E-state index in [2.05, 4.69) is 11.8 Å². The van der Waals surface area contributed by atoms with Crippen LogP contribution in [0, 0.1) is 24.6 Å². The molecule has 2 N–H and O–H groups in total. The number of aryl methyl sites for hydroxylation is 1. The molecule has 0 radical (unpaired) electrons. The van der Waals surface area contributed by atoms with Gasteiger partial charge in [-0.15, -0.1) is 0 Å². The van der Waals surface area contributed by atoms with Gasteiger partial charge in [-0.2, -0.15) is 0 Å². The smallest absolute Gasteiger partial charge is 0.126 e. The van der Waals surface area contributed by atoms with Crippen molar-refractivity contribution >= 4 is 0 Å². The van der Waals surface area contributed by atoms with E-state index >= 15 is 0 Å². The van der Waals surface area contributed by atoms with Gasteiger partial charge in [-0.1, -0.05) is 11.8 Å². The van der Waals surface area contributed by atoms with Gasteiger partial charge in [0.1, 0.15) is 5.82 Å². The van der Waals surface area contributed by atoms with Crippen molar-refractivity contribution in [3.8, 4) is 11.8 Å². The first-order valence-electron chi connectivity index (χ1n) is 3.69. The second-order valence-electron chi connectivity index (χ2n) is 2.47. The average molecular weight is 163 g/mol. The maximum absolute atomic E-state index is 12.7. The molecule has 0 atom stereocenters. The van der Waals surface area contributed by atoms with E-state index in [1.54, 1.807) is 19.1 Å². The van der Waals surface area contributed by atoms with Crippen LogP contribution in [0.5, 0.6) is 0 Å². The Labute approximate surface area is 71.4 Å². The molecule has 0 aliphatic carbocycles. The Hall–Kier alpha value is -1.33. The van der Waals surface area contributed by atoms with Gasteiger partial charge in [-0.25, -0.2) is 4.39 Å². The predicted molar refractivity (Wildman–Crippen MR) is 47.1 cm³/mol. The first kappa shape index (κ1) is 8.76. The SMILES string of the molecule is Cc1cc(C#CCN)ccc1F. The zero-order chi connectivity index (χ0) is 8.97. The molecule has 1 nitrogen and oxygen atoms in total. The Balaban J connectivity index is 2.97. The van der Waals surface area contributed by atoms with Gasteiger partial charge in [0.05, 0.1) is 6.54 Å². The van der Waals surface area contributed by atoms with Crippen molar-refractivity contribution in [3.63, 3.8) is 0 Å². The van der Waals surface area contributed by atoms with E-state index in [9.17, 15) is 4.39 Å². The molecular weight excluding hydrogens is 153 g/mol. The van der Waals surface area contributed by atoms with E-state index in [1.165, 1.54) is 6.07 Å². The summed E-state index contributed by atoms with van der Waals surface area (Å²) in [6.07, 6.45) is 0. The van der Waals surface area contributed by atoms with Crippen LogP contribution in [0.2, 0.25) is 0 Å². The standard InChI is InChI=1S/C10H10FN/c1-8-7-9(3-2-6-12)4-5-10(8)11/h4-5,7H,6,12H2,1H3. The zero-order valence-electron chi connectivity index (χ0n) is 6.89. The van der Waals surface area contributed by atoms with Gasteiger partial charge in [0, 0.05) is 5.56 Å². The summed E-state index contributed by atoms with van der Waals surface area (Å²) >= 11 is 0. The van der Waals surface area contributed by atoms with Crippen LogP contribution in [-0.2, 0) is 0 Å². The van der Waals surface area contributed by atoms with Crippen molar-refractivity contribution in [3.05, 3.63) is 35.1 Å². The molecule has 62 valence electrons. The first-order valence-corrected chi connectivity index (χ1v) is 3.69. The van der Waals surface area contributed by atoms with E-state index < -0.39 is 0 Å². The first-order chi connectivity index (χ1) is 5.74. The summed E-state index contributed by atoms with van der Waals surface area (Å²) < 4.78 is 12.7. The van der Waals surface area contributed by atoms with Gasteiger partial charge in [0.2, 0.25) is 0 Å². The van der Waals surface area contributed by atoms with Crippen LogP contribution in [0.1, 0.15) is 11.1 Å². The lowest BCUT2D eigenvalue weighted by molar-refractivity contribution is 0.618. The molecule has 1 aromatic rings. The van der Waals surface area contributed by atoms with Gasteiger partial charge >= 0.3 is 0 Å². The minimum atomic E-state index is -0.201. The molecule has 0 bridgehead atoms. The normalized spacial score (nSPS) is 8.92. The summed E-state index contributed by atoms with van der Waals surface area (Å²) in [5.74, 6) is 5.34. The summed E-state index contributed by atoms with van der Waals surface area (Å²) in [7, 11) is 0. The zero-order valence-corrected chi connectivity index (χ0v) is 6.89. The molecule has 0 heterocycles. The Morgan fingerprint density at radius 2 is 2.25 bits per heavy atom. The molecule has 1 aromatic carbocycles. The van der Waals surface area contributed by atoms with Crippen LogP contribution in [0.3, 0.4) is 0 Å². The molecule has 0 aromatic heterocycles. The van der Waals surface area contributed by atoms with Crippen molar-refractivity contribution in [1.29, 1.82) is 0 Å². The minimum absolute atomic E-state index is 0.201. The monoisotopic (exact) mass is 163 g/mol. The number of rotatable bonds is 0. The highest BCUT2D eigenvalue weighted by Gasteiger charge is 1.95. The summed E-state index contributed by atoms with van der Waals surface area (Å²) in [5, 5.41) is 0. The molecule has 0 saturated heterocycles. The number of hydrogen-bond donors (Lipinski definition) is 1. The molecule has 12 heavy (non-hydrogen) atoms. The van der Waals surface area contributed by atoms with Gasteiger partial charge in [-0.05, 0) is 30.7 Å². The van der Waals surface area contributed by atoms with Gasteiger partial charge in [-0.3, -0.25) is 0 Å². The van der Waals surface area contributed by atoms with E-state index in [1.807, 2.05) is 0 Å². The molecule has 0 spiro atoms. The summed E-state index contributed by atoms with van der Waals surface area (Å²) in [6.45, 7) is 2.04. The molecule has 0 unspecified atom stereocenters. The van der Waals surface area contributed by atoms with E-state index in [0.717, 1.165) is 5.56 Å². The molecule has 0 saturated carbocycles. The Morgan fingerprint density at radius 3 is 2.83 bits per heavy atom. The average Bonchev–Trinajstić information content (AvgIpc) is 2.07. The maximum atomic E-state index is 12.7. The van der Waals surface area contributed by atoms with Gasteiger partial charge in [0.15, 0.2) is 0 Å². The summed E-state index contributed by atoms with van der Waals surface area (Å²) in [5.41, 5.74) is 6.61. The Morgan fingerprint density at radius 1 is 1.50 bits per heavy atom. The lowest BCUT2D eigenvalue weighted by Gasteiger charge is -1.95. The minimum Gasteiger partial charge on any atom is -0.320 e. The van der Waals surface area contributed by atoms with Crippen molar-refractivity contribution < 1.29 is 4.39 Å². The number of hydrogen-bond acceptors (Lipinski definition) is 1. The Kier molecular flexibility index (Phi) is 2.84. The summed E-state index contributed by atoms with van der Waals surface area (Å²) in [6, 6.07) is 4.76. The van der Waals surface area contributed by atoms with E-state index in [0.29, 0.717) is 12.1 Å². The third-order valence-electron chi connectivity index (χ3n) is 1.49. The predicted octanol–water partition coefficient (Wildman–Crippen LogP) is 1.44. The number of nitrogens with two attached hydrogens (primary N) is 1. The van der Waals surface area contributed by atoms with Crippen molar-refractivity contribution in [2.75, 3.05) is 6.54 Å². The topological polar surface area (TPSA) is 26.0 Å². The second kappa shape index (κ2) is 3.89. The van der Waals surface area contributed by atoms with E-state index in [4.69, 9.17) is 5.73 Å². The van der Waals surface area contributed by atoms with Crippen LogP contribution in [0.25, 0.3) is 0 Å². The van der Waals surface area contributed by atoms with Crippen molar-refractivity contribution in [1.82, 2.24) is 0 Å². The highest BCUT2D eigenvalue weighted by Crippen LogP contribution is 2.07. The molecule has 0 amide bonds. The van der Waals surface area contributed by atoms with Crippen LogP contribution >= 0.6 is 0 Å². The van der Waals surface area contributed by atoms with Crippen LogP contribution in [0.4, 0.5) is 4.39 Å². The maximum Gasteiger partial charge on any atom is 0.126 e. The second-order valence-corrected chi connectivity index (χ2v) is 2.47. The number of benzene rings is 1. The van der Waals surface area contributed by atoms with Crippen LogP contribution < -0.4 is 5.73 Å². The Bertz CT molecular complexity index is 333. The van der Waals surface area contributed by atoms with Gasteiger partial charge in [0.25, 0.3) is 0 Å². The highest BCUT2D eigenvalue weighted by molar-refractivity contribution is 5.37. The number of halogens is 1. The molecule has 0 aliphatic rings. The fourth-order valence-electron chi connectivity index (χ4n) is 0.876. The fourth-order valence-corrected chi connectivity index (χ4v) is 0.876. The van der Waals surface area contributed by atoms with Crippen LogP contribution in [-0.4, -0.2) is 6.54 Å². The van der Waals surface area contributed by atoms with Crippen molar-refractivity contribution in [2.45, 2.75) is 6.92 Å². The molecule has 0 aliphatic heterocycles.